The van der Waals surface area contributed by atoms with E-state index in [1.165, 1.54) is 24.1 Å². The maximum Gasteiger partial charge on any atom is 0.416 e. The average Bonchev–Trinajstić information content (AvgIpc) is 2.81. The number of alkyl halides is 3. The van der Waals surface area contributed by atoms with Crippen LogP contribution in [0.1, 0.15) is 44.7 Å². The quantitative estimate of drug-likeness (QED) is 0.279. The summed E-state index contributed by atoms with van der Waals surface area (Å²) in [5.74, 6) is -0.900. The first-order chi connectivity index (χ1) is 17.3. The molecule has 0 heterocycles. The molecule has 0 bridgehead atoms. The average molecular weight is 546 g/mol. The van der Waals surface area contributed by atoms with Gasteiger partial charge in [-0.25, -0.2) is 0 Å². The Morgan fingerprint density at radius 3 is 2.32 bits per heavy atom. The van der Waals surface area contributed by atoms with Crippen molar-refractivity contribution in [3.8, 4) is 11.5 Å². The number of methoxy groups -OCH3 is 1. The van der Waals surface area contributed by atoms with Crippen LogP contribution >= 0.6 is 0 Å². The molecule has 0 aliphatic carbocycles. The number of ether oxygens (including phenoxy) is 2. The molecule has 2 aromatic carbocycles. The maximum absolute atomic E-state index is 13.1. The van der Waals surface area contributed by atoms with Crippen molar-refractivity contribution in [3.05, 3.63) is 53.6 Å². The van der Waals surface area contributed by atoms with Gasteiger partial charge in [0.25, 0.3) is 0 Å². The summed E-state index contributed by atoms with van der Waals surface area (Å²) < 4.78 is 79.9. The molecule has 0 fully saturated rings. The molecule has 2 aromatic rings. The van der Waals surface area contributed by atoms with Crippen LogP contribution in [0.3, 0.4) is 0 Å². The summed E-state index contributed by atoms with van der Waals surface area (Å²) in [7, 11) is -3.36. The second kappa shape index (κ2) is 12.8. The lowest BCUT2D eigenvalue weighted by atomic mass is 10.1. The third-order valence-electron chi connectivity index (χ3n) is 5.04. The van der Waals surface area contributed by atoms with Gasteiger partial charge in [-0.2, -0.15) is 21.6 Å². The van der Waals surface area contributed by atoms with Crippen LogP contribution in [-0.4, -0.2) is 45.5 Å². The fraction of sp³-hybridized carbons (Fsp3) is 0.440. The number of benzene rings is 2. The number of esters is 1. The highest BCUT2D eigenvalue weighted by Gasteiger charge is 2.32. The minimum Gasteiger partial charge on any atom is -0.493 e. The van der Waals surface area contributed by atoms with Gasteiger partial charge in [-0.1, -0.05) is 26.0 Å². The molecule has 12 heteroatoms. The lowest BCUT2D eigenvalue weighted by Crippen LogP contribution is -2.34. The minimum absolute atomic E-state index is 0.0309. The zero-order chi connectivity index (χ0) is 27.8. The number of carbonyl (C=O) groups is 2. The fourth-order valence-electron chi connectivity index (χ4n) is 3.39. The van der Waals surface area contributed by atoms with Crippen molar-refractivity contribution in [2.24, 2.45) is 5.92 Å². The van der Waals surface area contributed by atoms with E-state index in [0.29, 0.717) is 18.2 Å². The molecule has 0 aliphatic rings. The highest BCUT2D eigenvalue weighted by Crippen LogP contribution is 2.34. The van der Waals surface area contributed by atoms with E-state index in [1.54, 1.807) is 13.0 Å². The zero-order valence-corrected chi connectivity index (χ0v) is 21.8. The van der Waals surface area contributed by atoms with Crippen molar-refractivity contribution in [1.82, 2.24) is 4.90 Å². The second-order valence-electron chi connectivity index (χ2n) is 8.52. The number of nitrogens with zero attached hydrogens (tertiary/aromatic N) is 1. The Hall–Kier alpha value is -3.28. The van der Waals surface area contributed by atoms with Gasteiger partial charge in [0.15, 0.2) is 11.5 Å². The molecule has 8 nitrogen and oxygen atoms in total. The molecule has 0 saturated carbocycles. The summed E-state index contributed by atoms with van der Waals surface area (Å²) in [6.07, 6.45) is -4.87. The van der Waals surface area contributed by atoms with E-state index in [2.05, 4.69) is 0 Å². The molecule has 0 N–H and O–H groups in total. The highest BCUT2D eigenvalue weighted by molar-refractivity contribution is 7.87. The summed E-state index contributed by atoms with van der Waals surface area (Å²) >= 11 is 0. The largest absolute Gasteiger partial charge is 0.493 e. The molecule has 204 valence electrons. The molecule has 37 heavy (non-hydrogen) atoms. The van der Waals surface area contributed by atoms with Crippen LogP contribution < -0.4 is 8.92 Å². The van der Waals surface area contributed by atoms with Gasteiger partial charge in [-0.15, -0.1) is 0 Å². The summed E-state index contributed by atoms with van der Waals surface area (Å²) in [4.78, 5) is 25.3. The molecule has 0 aromatic heterocycles. The Morgan fingerprint density at radius 2 is 1.73 bits per heavy atom. The molecule has 0 atom stereocenters. The van der Waals surface area contributed by atoms with E-state index >= 15 is 0 Å². The van der Waals surface area contributed by atoms with Crippen LogP contribution in [-0.2, 0) is 37.2 Å². The number of amides is 1. The molecular formula is C25H30F3NO7S. The number of rotatable bonds is 12. The Balaban J connectivity index is 2.30. The third-order valence-corrected chi connectivity index (χ3v) is 6.27. The summed E-state index contributed by atoms with van der Waals surface area (Å²) in [5, 5.41) is 0. The summed E-state index contributed by atoms with van der Waals surface area (Å²) in [5.41, 5.74) is -0.649. The summed E-state index contributed by atoms with van der Waals surface area (Å²) in [6.45, 7) is 6.14. The van der Waals surface area contributed by atoms with E-state index in [9.17, 15) is 31.2 Å². The molecule has 0 radical (unpaired) electrons. The molecule has 1 amide bonds. The molecule has 0 unspecified atom stereocenters. The van der Waals surface area contributed by atoms with Gasteiger partial charge in [-0.05, 0) is 48.7 Å². The Kier molecular flexibility index (Phi) is 10.4. The Labute approximate surface area is 214 Å². The van der Waals surface area contributed by atoms with E-state index in [1.807, 2.05) is 13.8 Å². The SMILES string of the molecule is CCOC(=O)CCC(=O)N(Cc1ccc(OC)c(OS(=O)(=O)c2cccc(C(F)(F)F)c2)c1)CC(C)C. The molecule has 0 saturated heterocycles. The second-order valence-corrected chi connectivity index (χ2v) is 10.1. The number of hydrogen-bond donors (Lipinski definition) is 0. The maximum atomic E-state index is 13.1. The lowest BCUT2D eigenvalue weighted by molar-refractivity contribution is -0.146. The van der Waals surface area contributed by atoms with Crippen molar-refractivity contribution in [2.45, 2.75) is 51.2 Å². The van der Waals surface area contributed by atoms with E-state index in [-0.39, 0.29) is 49.3 Å². The predicted octanol–water partition coefficient (Wildman–Crippen LogP) is 4.81. The fourth-order valence-corrected chi connectivity index (χ4v) is 4.37. The number of carbonyl (C=O) groups excluding carboxylic acids is 2. The standard InChI is InChI=1S/C25H30F3NO7S/c1-5-35-24(31)12-11-23(30)29(15-17(2)3)16-18-9-10-21(34-4)22(13-18)36-37(32,33)20-8-6-7-19(14-20)25(26,27)28/h6-10,13-14,17H,5,11-12,15-16H2,1-4H3. The van der Waals surface area contributed by atoms with Crippen molar-refractivity contribution < 1.29 is 44.8 Å². The van der Waals surface area contributed by atoms with Crippen molar-refractivity contribution in [1.29, 1.82) is 0 Å². The zero-order valence-electron chi connectivity index (χ0n) is 21.0. The van der Waals surface area contributed by atoms with E-state index < -0.39 is 32.7 Å². The lowest BCUT2D eigenvalue weighted by Gasteiger charge is -2.25. The van der Waals surface area contributed by atoms with Crippen molar-refractivity contribution >= 4 is 22.0 Å². The predicted molar refractivity (Wildman–Crippen MR) is 128 cm³/mol. The topological polar surface area (TPSA) is 99.2 Å². The van der Waals surface area contributed by atoms with Gasteiger partial charge in [0.05, 0.1) is 25.7 Å². The number of halogens is 3. The Bertz CT molecular complexity index is 1200. The van der Waals surface area contributed by atoms with E-state index in [4.69, 9.17) is 13.7 Å². The van der Waals surface area contributed by atoms with Crippen LogP contribution in [0.2, 0.25) is 0 Å². The van der Waals surface area contributed by atoms with E-state index in [0.717, 1.165) is 18.2 Å². The summed E-state index contributed by atoms with van der Waals surface area (Å²) in [6, 6.07) is 7.58. The normalized spacial score (nSPS) is 11.8. The highest BCUT2D eigenvalue weighted by atomic mass is 32.2. The van der Waals surface area contributed by atoms with Crippen LogP contribution in [0, 0.1) is 5.92 Å². The van der Waals surface area contributed by atoms with Crippen LogP contribution in [0.5, 0.6) is 11.5 Å². The molecule has 0 spiro atoms. The molecule has 2 rings (SSSR count). The van der Waals surface area contributed by atoms with Gasteiger partial charge >= 0.3 is 22.3 Å². The van der Waals surface area contributed by atoms with Crippen LogP contribution in [0.15, 0.2) is 47.4 Å². The van der Waals surface area contributed by atoms with Crippen LogP contribution in [0.4, 0.5) is 13.2 Å². The van der Waals surface area contributed by atoms with Gasteiger partial charge in [0.1, 0.15) is 4.90 Å². The third kappa shape index (κ3) is 8.96. The van der Waals surface area contributed by atoms with Crippen molar-refractivity contribution in [2.75, 3.05) is 20.3 Å². The molecule has 0 aliphatic heterocycles. The number of hydrogen-bond acceptors (Lipinski definition) is 7. The first-order valence-corrected chi connectivity index (χ1v) is 12.9. The minimum atomic E-state index is -4.73. The smallest absolute Gasteiger partial charge is 0.416 e. The Morgan fingerprint density at radius 1 is 1.03 bits per heavy atom. The monoisotopic (exact) mass is 545 g/mol. The molecular weight excluding hydrogens is 515 g/mol. The van der Waals surface area contributed by atoms with Gasteiger partial charge in [0, 0.05) is 19.5 Å². The van der Waals surface area contributed by atoms with Gasteiger partial charge in [0.2, 0.25) is 5.91 Å². The van der Waals surface area contributed by atoms with Crippen molar-refractivity contribution in [3.63, 3.8) is 0 Å². The first kappa shape index (κ1) is 29.9. The van der Waals surface area contributed by atoms with Gasteiger partial charge in [-0.3, -0.25) is 9.59 Å². The first-order valence-electron chi connectivity index (χ1n) is 11.5. The van der Waals surface area contributed by atoms with Gasteiger partial charge < -0.3 is 18.6 Å². The van der Waals surface area contributed by atoms with Crippen LogP contribution in [0.25, 0.3) is 0 Å².